The molecule has 3 saturated heterocycles. The third kappa shape index (κ3) is 25.9. The predicted octanol–water partition coefficient (Wildman–Crippen LogP) is 2.24. The van der Waals surface area contributed by atoms with Gasteiger partial charge >= 0.3 is 34.1 Å². The summed E-state index contributed by atoms with van der Waals surface area (Å²) in [5.74, 6) is 0.984. The second-order valence-corrected chi connectivity index (χ2v) is 7.86. The van der Waals surface area contributed by atoms with Crippen LogP contribution < -0.4 is 10.6 Å². The maximum atomic E-state index is 8.36. The van der Waals surface area contributed by atoms with E-state index in [1.807, 2.05) is 18.2 Å². The fraction of sp³-hybridized carbons (Fsp3) is 0.800. The Balaban J connectivity index is -0.000000220. The number of allylic oxidation sites excluding steroid dienone is 2. The van der Waals surface area contributed by atoms with Crippen molar-refractivity contribution in [2.24, 2.45) is 0 Å². The van der Waals surface area contributed by atoms with Gasteiger partial charge in [-0.3, -0.25) is 0 Å². The van der Waals surface area contributed by atoms with E-state index >= 15 is 0 Å². The molecule has 4 aliphatic heterocycles. The average molecular weight is 648 g/mol. The fourth-order valence-electron chi connectivity index (χ4n) is 3.66. The Labute approximate surface area is 244 Å². The van der Waals surface area contributed by atoms with E-state index in [1.165, 1.54) is 51.4 Å². The van der Waals surface area contributed by atoms with Gasteiger partial charge in [-0.2, -0.15) is 0 Å². The molecule has 0 spiro atoms. The molecule has 4 heterocycles. The van der Waals surface area contributed by atoms with Gasteiger partial charge < -0.3 is 53.3 Å². The second-order valence-electron chi connectivity index (χ2n) is 7.86. The molecule has 0 saturated carbocycles. The quantitative estimate of drug-likeness (QED) is 0.199. The summed E-state index contributed by atoms with van der Waals surface area (Å²) in [4.78, 5) is 16.7. The number of hydrogen-bond acceptors (Lipinski definition) is 6. The van der Waals surface area contributed by atoms with Crippen molar-refractivity contribution in [2.45, 2.75) is 76.3 Å². The first-order valence-electron chi connectivity index (χ1n) is 11.6. The van der Waals surface area contributed by atoms with E-state index in [9.17, 15) is 0 Å². The molecule has 8 N–H and O–H groups in total. The average Bonchev–Trinajstić information content (AvgIpc) is 2.82. The van der Waals surface area contributed by atoms with Crippen molar-refractivity contribution in [3.63, 3.8) is 0 Å². The second kappa shape index (κ2) is 28.3. The van der Waals surface area contributed by atoms with E-state index in [1.54, 1.807) is 0 Å². The number of rotatable bonds is 4. The third-order valence-corrected chi connectivity index (χ3v) is 5.16. The normalized spacial score (nSPS) is 23.1. The zero-order valence-electron chi connectivity index (χ0n) is 21.0. The third-order valence-electron chi connectivity index (χ3n) is 5.16. The van der Waals surface area contributed by atoms with Gasteiger partial charge in [0, 0.05) is 0 Å². The molecule has 230 valence electrons. The van der Waals surface area contributed by atoms with Gasteiger partial charge in [0.25, 0.3) is 10.2 Å². The Hall–Kier alpha value is -1.72. The molecule has 4 aliphatic rings. The van der Waals surface area contributed by atoms with Crippen LogP contribution in [0, 0.1) is 20.2 Å². The summed E-state index contributed by atoms with van der Waals surface area (Å²) >= 11 is 0. The SMILES string of the molecule is C1=CC[N-]C(NC2CCCC[N-]2)=C1.C1CCC(NC2CCCC[N-]2)[N-]C1.O.O.O=[N+]([O-])O.O=[N+]([O-])O.[Cu+2].[Cu+2]. The van der Waals surface area contributed by atoms with Gasteiger partial charge in [0.1, 0.15) is 0 Å². The van der Waals surface area contributed by atoms with Crippen LogP contribution in [0.15, 0.2) is 24.0 Å². The van der Waals surface area contributed by atoms with Crippen molar-refractivity contribution < 1.29 is 65.7 Å². The summed E-state index contributed by atoms with van der Waals surface area (Å²) in [6.45, 7) is 3.89. The zero-order valence-corrected chi connectivity index (χ0v) is 22.9. The smallest absolute Gasteiger partial charge is 0.660 e. The number of piperidine rings is 3. The topological polar surface area (TPSA) is 270 Å². The maximum absolute atomic E-state index is 8.36. The Morgan fingerprint density at radius 3 is 1.47 bits per heavy atom. The first-order chi connectivity index (χ1) is 16.4. The molecule has 3 unspecified atom stereocenters. The van der Waals surface area contributed by atoms with E-state index in [2.05, 4.69) is 31.9 Å². The van der Waals surface area contributed by atoms with Gasteiger partial charge in [-0.05, 0) is 6.54 Å². The minimum Gasteiger partial charge on any atom is -0.660 e. The van der Waals surface area contributed by atoms with Gasteiger partial charge in [0.2, 0.25) is 0 Å². The summed E-state index contributed by atoms with van der Waals surface area (Å²) in [6, 6.07) is 0. The van der Waals surface area contributed by atoms with Crippen LogP contribution in [0.1, 0.15) is 57.8 Å². The molecule has 3 fully saturated rings. The molecule has 0 aliphatic carbocycles. The summed E-state index contributed by atoms with van der Waals surface area (Å²) in [7, 11) is 0. The Morgan fingerprint density at radius 2 is 1.16 bits per heavy atom. The van der Waals surface area contributed by atoms with E-state index < -0.39 is 10.2 Å². The van der Waals surface area contributed by atoms with Crippen LogP contribution in [0.5, 0.6) is 0 Å². The molecule has 4 rings (SSSR count). The van der Waals surface area contributed by atoms with E-state index in [4.69, 9.17) is 30.6 Å². The molecule has 0 amide bonds. The minimum absolute atomic E-state index is 0. The minimum atomic E-state index is -1.50. The first-order valence-corrected chi connectivity index (χ1v) is 11.6. The van der Waals surface area contributed by atoms with Gasteiger partial charge in [-0.15, -0.1) is 46.0 Å². The Bertz CT molecular complexity index is 598. The van der Waals surface area contributed by atoms with Crippen molar-refractivity contribution in [1.29, 1.82) is 0 Å². The van der Waals surface area contributed by atoms with Crippen LogP contribution in [-0.4, -0.2) is 76.2 Å². The molecule has 0 bridgehead atoms. The van der Waals surface area contributed by atoms with E-state index in [0.717, 1.165) is 38.4 Å². The largest absolute Gasteiger partial charge is 2.00 e. The predicted molar refractivity (Wildman–Crippen MR) is 134 cm³/mol. The van der Waals surface area contributed by atoms with Crippen molar-refractivity contribution in [3.05, 3.63) is 65.5 Å². The molecule has 18 heteroatoms. The summed E-state index contributed by atoms with van der Waals surface area (Å²) in [6.07, 6.45) is 18.5. The first kappa shape index (κ1) is 43.3. The van der Waals surface area contributed by atoms with Crippen LogP contribution in [0.2, 0.25) is 0 Å². The standard InChI is InChI=1S/C10H19N3.C10H15N3.2Cu.2HNO3.2H2O/c2*1-3-7-11-9(5-1)13-10-6-2-4-8-12-10;;;2*2-1(3)4;;/h9-10,13H,1-8H2;1,3,5,10,13H,2,4,6-8H2;;;2*(H,2,3,4);2*1H2/q2*-2;2*+2;;;;. The van der Waals surface area contributed by atoms with Crippen LogP contribution in [0.4, 0.5) is 0 Å². The van der Waals surface area contributed by atoms with Crippen molar-refractivity contribution in [3.8, 4) is 0 Å². The summed E-state index contributed by atoms with van der Waals surface area (Å²) in [5.41, 5.74) is 0. The molecular weight excluding hydrogens is 607 g/mol. The molecule has 2 radical (unpaired) electrons. The van der Waals surface area contributed by atoms with E-state index in [0.29, 0.717) is 18.5 Å². The van der Waals surface area contributed by atoms with Crippen molar-refractivity contribution >= 4 is 0 Å². The number of hydrogen-bond donors (Lipinski definition) is 4. The van der Waals surface area contributed by atoms with Gasteiger partial charge in [-0.25, -0.2) is 0 Å². The van der Waals surface area contributed by atoms with E-state index in [-0.39, 0.29) is 45.1 Å². The zero-order chi connectivity index (χ0) is 25.0. The monoisotopic (exact) mass is 646 g/mol. The summed E-state index contributed by atoms with van der Waals surface area (Å²) < 4.78 is 0. The Kier molecular flexibility index (Phi) is 32.3. The van der Waals surface area contributed by atoms with Crippen LogP contribution in [0.25, 0.3) is 21.3 Å². The van der Waals surface area contributed by atoms with Crippen molar-refractivity contribution in [2.75, 3.05) is 26.2 Å². The van der Waals surface area contributed by atoms with Gasteiger partial charge in [-0.1, -0.05) is 94.2 Å². The molecule has 3 atom stereocenters. The molecule has 0 aromatic heterocycles. The van der Waals surface area contributed by atoms with Crippen molar-refractivity contribution in [1.82, 2.24) is 10.6 Å². The molecule has 38 heavy (non-hydrogen) atoms. The summed E-state index contributed by atoms with van der Waals surface area (Å²) in [5, 5.41) is 52.1. The molecular formula is C20H40Cu2N8O8. The Morgan fingerprint density at radius 1 is 0.763 bits per heavy atom. The van der Waals surface area contributed by atoms with Gasteiger partial charge in [0.05, 0.1) is 0 Å². The number of nitrogens with one attached hydrogen (secondary N) is 2. The molecule has 0 aromatic rings. The molecule has 16 nitrogen and oxygen atoms in total. The molecule has 0 aromatic carbocycles. The van der Waals surface area contributed by atoms with Crippen LogP contribution in [-0.2, 0) is 34.1 Å². The number of nitrogens with zero attached hydrogens (tertiary/aromatic N) is 6. The maximum Gasteiger partial charge on any atom is 2.00 e. The van der Waals surface area contributed by atoms with Crippen LogP contribution >= 0.6 is 0 Å². The fourth-order valence-corrected chi connectivity index (χ4v) is 3.66. The van der Waals surface area contributed by atoms with Gasteiger partial charge in [0.15, 0.2) is 0 Å². The van der Waals surface area contributed by atoms with Crippen LogP contribution in [0.3, 0.4) is 0 Å².